The quantitative estimate of drug-likeness (QED) is 0.766. The van der Waals surface area contributed by atoms with E-state index in [4.69, 9.17) is 0 Å². The largest absolute Gasteiger partial charge is 0.298 e. The molecule has 0 unspecified atom stereocenters. The second-order valence-electron chi connectivity index (χ2n) is 5.83. The Hall–Kier alpha value is 0.270. The van der Waals surface area contributed by atoms with Gasteiger partial charge in [-0.15, -0.1) is 0 Å². The van der Waals surface area contributed by atoms with E-state index in [1.165, 1.54) is 51.9 Å². The first kappa shape index (κ1) is 13.7. The summed E-state index contributed by atoms with van der Waals surface area (Å²) in [6.45, 7) is 9.79. The summed E-state index contributed by atoms with van der Waals surface area (Å²) in [5.74, 6) is 0. The number of hydrogen-bond acceptors (Lipinski definition) is 3. The van der Waals surface area contributed by atoms with Crippen molar-refractivity contribution in [2.45, 2.75) is 56.9 Å². The van der Waals surface area contributed by atoms with Crippen LogP contribution in [0.4, 0.5) is 0 Å². The second-order valence-corrected chi connectivity index (χ2v) is 6.97. The van der Waals surface area contributed by atoms with Crippen LogP contribution >= 0.6 is 11.8 Å². The average molecular weight is 256 g/mol. The number of thioether (sulfide) groups is 1. The van der Waals surface area contributed by atoms with E-state index < -0.39 is 0 Å². The van der Waals surface area contributed by atoms with Crippen molar-refractivity contribution in [2.75, 3.05) is 32.4 Å². The predicted octanol–water partition coefficient (Wildman–Crippen LogP) is 2.69. The Kier molecular flexibility index (Phi) is 5.19. The van der Waals surface area contributed by atoms with Crippen LogP contribution in [0.3, 0.4) is 0 Å². The second kappa shape index (κ2) is 6.44. The molecule has 2 aliphatic rings. The Labute approximate surface area is 111 Å². The summed E-state index contributed by atoms with van der Waals surface area (Å²) >= 11 is 2.07. The van der Waals surface area contributed by atoms with Gasteiger partial charge in [-0.3, -0.25) is 9.80 Å². The van der Waals surface area contributed by atoms with Crippen LogP contribution in [-0.4, -0.2) is 59.6 Å². The van der Waals surface area contributed by atoms with E-state index >= 15 is 0 Å². The van der Waals surface area contributed by atoms with Gasteiger partial charge in [0.05, 0.1) is 0 Å². The van der Waals surface area contributed by atoms with Crippen molar-refractivity contribution >= 4 is 11.8 Å². The predicted molar refractivity (Wildman–Crippen MR) is 77.8 cm³/mol. The van der Waals surface area contributed by atoms with Crippen LogP contribution in [0.5, 0.6) is 0 Å². The highest BCUT2D eigenvalue weighted by atomic mass is 32.2. The van der Waals surface area contributed by atoms with E-state index in [0.29, 0.717) is 0 Å². The van der Waals surface area contributed by atoms with E-state index in [1.807, 2.05) is 0 Å². The molecule has 0 amide bonds. The monoisotopic (exact) mass is 256 g/mol. The summed E-state index contributed by atoms with van der Waals surface area (Å²) < 4.78 is 0. The number of rotatable bonds is 3. The van der Waals surface area contributed by atoms with Gasteiger partial charge in [0.1, 0.15) is 0 Å². The number of nitrogens with zero attached hydrogens (tertiary/aromatic N) is 2. The SMILES string of the molecule is CSC1CCC(N2CCN(C(C)C)CC2)CC1. The molecule has 2 fully saturated rings. The van der Waals surface area contributed by atoms with Gasteiger partial charge in [-0.1, -0.05) is 0 Å². The summed E-state index contributed by atoms with van der Waals surface area (Å²) in [6, 6.07) is 1.62. The van der Waals surface area contributed by atoms with Crippen LogP contribution in [-0.2, 0) is 0 Å². The van der Waals surface area contributed by atoms with Crippen LogP contribution < -0.4 is 0 Å². The maximum Gasteiger partial charge on any atom is 0.0113 e. The van der Waals surface area contributed by atoms with Crippen molar-refractivity contribution in [3.8, 4) is 0 Å². The van der Waals surface area contributed by atoms with Crippen molar-refractivity contribution in [3.05, 3.63) is 0 Å². The van der Waals surface area contributed by atoms with E-state index in [0.717, 1.165) is 17.3 Å². The Morgan fingerprint density at radius 3 is 2.00 bits per heavy atom. The molecule has 1 aliphatic carbocycles. The van der Waals surface area contributed by atoms with Gasteiger partial charge in [-0.25, -0.2) is 0 Å². The standard InChI is InChI=1S/C14H28N2S/c1-12(2)15-8-10-16(11-9-15)13-4-6-14(17-3)7-5-13/h12-14H,4-11H2,1-3H3. The molecule has 2 rings (SSSR count). The van der Waals surface area contributed by atoms with Gasteiger partial charge in [0, 0.05) is 43.5 Å². The lowest BCUT2D eigenvalue weighted by Crippen LogP contribution is -2.52. The Morgan fingerprint density at radius 1 is 0.941 bits per heavy atom. The molecule has 3 heteroatoms. The maximum atomic E-state index is 2.76. The molecule has 1 aliphatic heterocycles. The molecule has 1 saturated heterocycles. The van der Waals surface area contributed by atoms with Gasteiger partial charge >= 0.3 is 0 Å². The zero-order valence-electron chi connectivity index (χ0n) is 11.7. The molecular formula is C14H28N2S. The molecule has 2 nitrogen and oxygen atoms in total. The van der Waals surface area contributed by atoms with Gasteiger partial charge in [-0.2, -0.15) is 11.8 Å². The van der Waals surface area contributed by atoms with Crippen LogP contribution in [0.15, 0.2) is 0 Å². The summed E-state index contributed by atoms with van der Waals surface area (Å²) in [4.78, 5) is 5.37. The average Bonchev–Trinajstić information content (AvgIpc) is 2.39. The third-order valence-corrected chi connectivity index (χ3v) is 5.71. The molecule has 0 aromatic rings. The fourth-order valence-electron chi connectivity index (χ4n) is 3.27. The van der Waals surface area contributed by atoms with E-state index in [2.05, 4.69) is 41.7 Å². The molecule has 100 valence electrons. The van der Waals surface area contributed by atoms with E-state index in [1.54, 1.807) is 0 Å². The smallest absolute Gasteiger partial charge is 0.0113 e. The van der Waals surface area contributed by atoms with Crippen molar-refractivity contribution in [3.63, 3.8) is 0 Å². The van der Waals surface area contributed by atoms with Crippen LogP contribution in [0.25, 0.3) is 0 Å². The molecule has 0 atom stereocenters. The zero-order valence-corrected chi connectivity index (χ0v) is 12.5. The highest BCUT2D eigenvalue weighted by Gasteiger charge is 2.28. The Bertz CT molecular complexity index is 216. The number of piperazine rings is 1. The molecular weight excluding hydrogens is 228 g/mol. The molecule has 0 bridgehead atoms. The summed E-state index contributed by atoms with van der Waals surface area (Å²) in [6.07, 6.45) is 8.03. The summed E-state index contributed by atoms with van der Waals surface area (Å²) in [5.41, 5.74) is 0. The summed E-state index contributed by atoms with van der Waals surface area (Å²) in [7, 11) is 0. The Morgan fingerprint density at radius 2 is 1.53 bits per heavy atom. The van der Waals surface area contributed by atoms with Crippen LogP contribution in [0.1, 0.15) is 39.5 Å². The summed E-state index contributed by atoms with van der Waals surface area (Å²) in [5, 5.41) is 0.947. The fraction of sp³-hybridized carbons (Fsp3) is 1.00. The first-order valence-electron chi connectivity index (χ1n) is 7.21. The lowest BCUT2D eigenvalue weighted by atomic mass is 9.93. The molecule has 0 aromatic heterocycles. The third-order valence-electron chi connectivity index (χ3n) is 4.57. The van der Waals surface area contributed by atoms with Gasteiger partial charge in [-0.05, 0) is 45.8 Å². The lowest BCUT2D eigenvalue weighted by molar-refractivity contribution is 0.0650. The normalized spacial score (nSPS) is 33.2. The van der Waals surface area contributed by atoms with Crippen molar-refractivity contribution < 1.29 is 0 Å². The zero-order chi connectivity index (χ0) is 12.3. The lowest BCUT2D eigenvalue weighted by Gasteiger charge is -2.43. The first-order valence-corrected chi connectivity index (χ1v) is 8.50. The van der Waals surface area contributed by atoms with E-state index in [9.17, 15) is 0 Å². The minimum absolute atomic E-state index is 0.726. The van der Waals surface area contributed by atoms with E-state index in [-0.39, 0.29) is 0 Å². The molecule has 0 N–H and O–H groups in total. The first-order chi connectivity index (χ1) is 8.20. The topological polar surface area (TPSA) is 6.48 Å². The molecule has 1 saturated carbocycles. The van der Waals surface area contributed by atoms with Crippen molar-refractivity contribution in [1.29, 1.82) is 0 Å². The van der Waals surface area contributed by atoms with Gasteiger partial charge in [0.2, 0.25) is 0 Å². The van der Waals surface area contributed by atoms with Gasteiger partial charge in [0.25, 0.3) is 0 Å². The van der Waals surface area contributed by atoms with Crippen molar-refractivity contribution in [1.82, 2.24) is 9.80 Å². The third kappa shape index (κ3) is 3.62. The van der Waals surface area contributed by atoms with Gasteiger partial charge in [0.15, 0.2) is 0 Å². The van der Waals surface area contributed by atoms with Gasteiger partial charge < -0.3 is 0 Å². The fourth-order valence-corrected chi connectivity index (χ4v) is 4.01. The highest BCUT2D eigenvalue weighted by molar-refractivity contribution is 7.99. The highest BCUT2D eigenvalue weighted by Crippen LogP contribution is 2.30. The number of hydrogen-bond donors (Lipinski definition) is 0. The minimum Gasteiger partial charge on any atom is -0.298 e. The molecule has 0 radical (unpaired) electrons. The molecule has 0 spiro atoms. The molecule has 0 aromatic carbocycles. The Balaban J connectivity index is 1.74. The maximum absolute atomic E-state index is 2.76. The molecule has 17 heavy (non-hydrogen) atoms. The van der Waals surface area contributed by atoms with Crippen molar-refractivity contribution in [2.24, 2.45) is 0 Å². The minimum atomic E-state index is 0.726. The van der Waals surface area contributed by atoms with Crippen LogP contribution in [0.2, 0.25) is 0 Å². The molecule has 1 heterocycles. The van der Waals surface area contributed by atoms with Crippen LogP contribution in [0, 0.1) is 0 Å².